The Labute approximate surface area is 105 Å². The van der Waals surface area contributed by atoms with Crippen molar-refractivity contribution >= 4 is 23.3 Å². The van der Waals surface area contributed by atoms with E-state index in [-0.39, 0.29) is 12.3 Å². The van der Waals surface area contributed by atoms with Crippen molar-refractivity contribution in [3.05, 3.63) is 36.0 Å². The molecule has 1 amide bonds. The SMILES string of the molecule is CCOC(=O)/C=C1\CC(=O)Nc2ccccc2N1. The first kappa shape index (κ1) is 12.2. The van der Waals surface area contributed by atoms with Crippen LogP contribution in [0, 0.1) is 0 Å². The van der Waals surface area contributed by atoms with Crippen LogP contribution in [-0.4, -0.2) is 18.5 Å². The Kier molecular flexibility index (Phi) is 3.62. The van der Waals surface area contributed by atoms with Crippen LogP contribution >= 0.6 is 0 Å². The van der Waals surface area contributed by atoms with Gasteiger partial charge in [-0.1, -0.05) is 12.1 Å². The maximum atomic E-state index is 11.7. The molecule has 0 radical (unpaired) electrons. The predicted octanol–water partition coefficient (Wildman–Crippen LogP) is 1.89. The molecule has 18 heavy (non-hydrogen) atoms. The highest BCUT2D eigenvalue weighted by Crippen LogP contribution is 2.26. The van der Waals surface area contributed by atoms with Gasteiger partial charge in [0, 0.05) is 11.8 Å². The van der Waals surface area contributed by atoms with Gasteiger partial charge in [0.05, 0.1) is 24.4 Å². The summed E-state index contributed by atoms with van der Waals surface area (Å²) in [4.78, 5) is 23.0. The Morgan fingerprint density at radius 1 is 1.33 bits per heavy atom. The molecule has 1 aromatic rings. The third-order valence-electron chi connectivity index (χ3n) is 2.43. The number of amides is 1. The Morgan fingerprint density at radius 2 is 2.00 bits per heavy atom. The molecule has 0 saturated carbocycles. The van der Waals surface area contributed by atoms with Crippen molar-refractivity contribution in [1.82, 2.24) is 0 Å². The van der Waals surface area contributed by atoms with Crippen LogP contribution in [0.1, 0.15) is 13.3 Å². The molecule has 0 unspecified atom stereocenters. The number of ether oxygens (including phenoxy) is 1. The van der Waals surface area contributed by atoms with Gasteiger partial charge in [-0.2, -0.15) is 0 Å². The van der Waals surface area contributed by atoms with Gasteiger partial charge in [-0.3, -0.25) is 4.79 Å². The number of rotatable bonds is 2. The molecule has 94 valence electrons. The molecule has 0 bridgehead atoms. The van der Waals surface area contributed by atoms with Gasteiger partial charge >= 0.3 is 5.97 Å². The van der Waals surface area contributed by atoms with Gasteiger partial charge in [-0.15, -0.1) is 0 Å². The summed E-state index contributed by atoms with van der Waals surface area (Å²) in [6.07, 6.45) is 1.43. The molecule has 0 fully saturated rings. The fourth-order valence-electron chi connectivity index (χ4n) is 1.70. The second-order valence-corrected chi connectivity index (χ2v) is 3.82. The smallest absolute Gasteiger partial charge is 0.332 e. The predicted molar refractivity (Wildman–Crippen MR) is 68.0 cm³/mol. The summed E-state index contributed by atoms with van der Waals surface area (Å²) in [5, 5.41) is 5.82. The summed E-state index contributed by atoms with van der Waals surface area (Å²) in [6.45, 7) is 2.05. The number of hydrogen-bond donors (Lipinski definition) is 2. The molecule has 5 heteroatoms. The van der Waals surface area contributed by atoms with E-state index in [1.165, 1.54) is 6.08 Å². The van der Waals surface area contributed by atoms with Crippen LogP contribution in [0.3, 0.4) is 0 Å². The van der Waals surface area contributed by atoms with Crippen LogP contribution in [-0.2, 0) is 14.3 Å². The molecule has 1 heterocycles. The number of anilines is 2. The molecule has 5 nitrogen and oxygen atoms in total. The number of fused-ring (bicyclic) bond motifs is 1. The van der Waals surface area contributed by atoms with Crippen LogP contribution in [0.15, 0.2) is 36.0 Å². The summed E-state index contributed by atoms with van der Waals surface area (Å²) >= 11 is 0. The second-order valence-electron chi connectivity index (χ2n) is 3.82. The fourth-order valence-corrected chi connectivity index (χ4v) is 1.70. The number of nitrogens with one attached hydrogen (secondary N) is 2. The summed E-state index contributed by atoms with van der Waals surface area (Å²) in [7, 11) is 0. The van der Waals surface area contributed by atoms with E-state index in [0.29, 0.717) is 18.0 Å². The van der Waals surface area contributed by atoms with E-state index in [0.717, 1.165) is 5.69 Å². The maximum Gasteiger partial charge on any atom is 0.332 e. The highest BCUT2D eigenvalue weighted by molar-refractivity contribution is 5.99. The summed E-state index contributed by atoms with van der Waals surface area (Å²) in [5.41, 5.74) is 1.99. The van der Waals surface area contributed by atoms with Gasteiger partial charge in [0.15, 0.2) is 0 Å². The molecular weight excluding hydrogens is 232 g/mol. The van der Waals surface area contributed by atoms with E-state index in [4.69, 9.17) is 4.74 Å². The highest BCUT2D eigenvalue weighted by Gasteiger charge is 2.16. The Morgan fingerprint density at radius 3 is 2.67 bits per heavy atom. The number of benzene rings is 1. The maximum absolute atomic E-state index is 11.7. The zero-order valence-corrected chi connectivity index (χ0v) is 10.0. The van der Waals surface area contributed by atoms with Gasteiger partial charge in [-0.25, -0.2) is 4.79 Å². The number of para-hydroxylation sites is 2. The zero-order valence-electron chi connectivity index (χ0n) is 10.0. The van der Waals surface area contributed by atoms with Crippen molar-refractivity contribution in [3.63, 3.8) is 0 Å². The van der Waals surface area contributed by atoms with E-state index in [9.17, 15) is 9.59 Å². The Hall–Kier alpha value is -2.30. The summed E-state index contributed by atoms with van der Waals surface area (Å²) in [5.74, 6) is -0.616. The molecule has 1 aromatic carbocycles. The molecule has 0 aliphatic carbocycles. The molecule has 0 saturated heterocycles. The van der Waals surface area contributed by atoms with Crippen LogP contribution in [0.5, 0.6) is 0 Å². The van der Waals surface area contributed by atoms with Crippen molar-refractivity contribution in [1.29, 1.82) is 0 Å². The first-order valence-corrected chi connectivity index (χ1v) is 5.72. The van der Waals surface area contributed by atoms with Gasteiger partial charge < -0.3 is 15.4 Å². The molecule has 0 atom stereocenters. The van der Waals surface area contributed by atoms with Gasteiger partial charge in [0.2, 0.25) is 5.91 Å². The average Bonchev–Trinajstić information content (AvgIpc) is 2.46. The lowest BCUT2D eigenvalue weighted by atomic mass is 10.2. The Bertz CT molecular complexity index is 509. The van der Waals surface area contributed by atoms with Crippen LogP contribution < -0.4 is 10.6 Å². The van der Waals surface area contributed by atoms with Crippen molar-refractivity contribution in [2.75, 3.05) is 17.2 Å². The van der Waals surface area contributed by atoms with Crippen LogP contribution in [0.2, 0.25) is 0 Å². The van der Waals surface area contributed by atoms with Gasteiger partial charge in [-0.05, 0) is 19.1 Å². The lowest BCUT2D eigenvalue weighted by Crippen LogP contribution is -2.11. The van der Waals surface area contributed by atoms with Gasteiger partial charge in [0.25, 0.3) is 0 Å². The van der Waals surface area contributed by atoms with Crippen molar-refractivity contribution in [3.8, 4) is 0 Å². The summed E-state index contributed by atoms with van der Waals surface area (Å²) < 4.78 is 4.82. The van der Waals surface area contributed by atoms with E-state index in [1.807, 2.05) is 18.2 Å². The van der Waals surface area contributed by atoms with E-state index in [2.05, 4.69) is 10.6 Å². The Balaban J connectivity index is 2.25. The fraction of sp³-hybridized carbons (Fsp3) is 0.231. The summed E-state index contributed by atoms with van der Waals surface area (Å²) in [6, 6.07) is 7.32. The zero-order chi connectivity index (χ0) is 13.0. The van der Waals surface area contributed by atoms with Crippen molar-refractivity contribution in [2.24, 2.45) is 0 Å². The topological polar surface area (TPSA) is 67.4 Å². The third kappa shape index (κ3) is 2.88. The lowest BCUT2D eigenvalue weighted by Gasteiger charge is -2.07. The molecule has 2 rings (SSSR count). The molecule has 0 aromatic heterocycles. The molecular formula is C13H14N2O3. The van der Waals surface area contributed by atoms with Gasteiger partial charge in [0.1, 0.15) is 0 Å². The van der Waals surface area contributed by atoms with E-state index in [1.54, 1.807) is 13.0 Å². The van der Waals surface area contributed by atoms with E-state index < -0.39 is 5.97 Å². The highest BCUT2D eigenvalue weighted by atomic mass is 16.5. The number of carbonyl (C=O) groups excluding carboxylic acids is 2. The molecule has 2 N–H and O–H groups in total. The minimum absolute atomic E-state index is 0.119. The largest absolute Gasteiger partial charge is 0.463 e. The van der Waals surface area contributed by atoms with Crippen LogP contribution in [0.25, 0.3) is 0 Å². The number of esters is 1. The quantitative estimate of drug-likeness (QED) is 0.617. The normalized spacial score (nSPS) is 16.3. The number of carbonyl (C=O) groups is 2. The standard InChI is InChI=1S/C13H14N2O3/c1-2-18-13(17)8-9-7-12(16)15-11-6-4-3-5-10(11)14-9/h3-6,8,14H,2,7H2,1H3,(H,15,16)/b9-8+. The first-order chi connectivity index (χ1) is 8.69. The van der Waals surface area contributed by atoms with E-state index >= 15 is 0 Å². The molecule has 0 spiro atoms. The number of hydrogen-bond acceptors (Lipinski definition) is 4. The third-order valence-corrected chi connectivity index (χ3v) is 2.43. The second kappa shape index (κ2) is 5.35. The van der Waals surface area contributed by atoms with Crippen LogP contribution in [0.4, 0.5) is 11.4 Å². The van der Waals surface area contributed by atoms with Crippen molar-refractivity contribution in [2.45, 2.75) is 13.3 Å². The molecule has 1 aliphatic rings. The molecule has 1 aliphatic heterocycles. The first-order valence-electron chi connectivity index (χ1n) is 5.72. The average molecular weight is 246 g/mol. The minimum Gasteiger partial charge on any atom is -0.463 e. The van der Waals surface area contributed by atoms with Crippen molar-refractivity contribution < 1.29 is 14.3 Å². The lowest BCUT2D eigenvalue weighted by molar-refractivity contribution is -0.137. The monoisotopic (exact) mass is 246 g/mol. The minimum atomic E-state index is -0.452.